The van der Waals surface area contributed by atoms with Crippen molar-refractivity contribution in [3.05, 3.63) is 66.5 Å². The van der Waals surface area contributed by atoms with Gasteiger partial charge in [0.05, 0.1) is 24.0 Å². The van der Waals surface area contributed by atoms with Gasteiger partial charge in [-0.15, -0.1) is 0 Å². The molecule has 1 aromatic heterocycles. The van der Waals surface area contributed by atoms with Crippen LogP contribution in [0.1, 0.15) is 24.8 Å². The number of amides is 1. The van der Waals surface area contributed by atoms with Gasteiger partial charge in [-0.2, -0.15) is 0 Å². The van der Waals surface area contributed by atoms with E-state index in [-0.39, 0.29) is 5.91 Å². The predicted octanol–water partition coefficient (Wildman–Crippen LogP) is 3.21. The molecular weight excluding hydrogens is 336 g/mol. The number of rotatable bonds is 6. The molecule has 27 heavy (non-hydrogen) atoms. The molecule has 5 nitrogen and oxygen atoms in total. The number of likely N-dealkylation sites (tertiary alicyclic amines) is 1. The van der Waals surface area contributed by atoms with Crippen LogP contribution in [0.15, 0.2) is 60.9 Å². The molecule has 0 spiro atoms. The number of benzene rings is 2. The van der Waals surface area contributed by atoms with Gasteiger partial charge < -0.3 is 9.88 Å². The lowest BCUT2D eigenvalue weighted by Gasteiger charge is -2.32. The molecule has 0 bridgehead atoms. The van der Waals surface area contributed by atoms with Crippen LogP contribution < -0.4 is 5.32 Å². The van der Waals surface area contributed by atoms with E-state index < -0.39 is 0 Å². The Bertz CT molecular complexity index is 881. The van der Waals surface area contributed by atoms with Crippen LogP contribution in [0.4, 0.5) is 0 Å². The Balaban J connectivity index is 1.22. The molecule has 1 aliphatic rings. The molecule has 1 fully saturated rings. The minimum atomic E-state index is 0.165. The van der Waals surface area contributed by atoms with Crippen LogP contribution in [0.5, 0.6) is 0 Å². The van der Waals surface area contributed by atoms with E-state index in [0.717, 1.165) is 44.5 Å². The van der Waals surface area contributed by atoms with Crippen LogP contribution in [0.25, 0.3) is 11.0 Å². The van der Waals surface area contributed by atoms with E-state index in [1.807, 2.05) is 36.7 Å². The van der Waals surface area contributed by atoms with Gasteiger partial charge in [-0.3, -0.25) is 9.69 Å². The van der Waals surface area contributed by atoms with Gasteiger partial charge in [-0.1, -0.05) is 42.5 Å². The first kappa shape index (κ1) is 17.7. The lowest BCUT2D eigenvalue weighted by atomic mass is 10.0. The van der Waals surface area contributed by atoms with E-state index in [1.54, 1.807) is 0 Å². The molecule has 0 saturated carbocycles. The first-order valence-electron chi connectivity index (χ1n) is 9.73. The van der Waals surface area contributed by atoms with Gasteiger partial charge in [-0.05, 0) is 37.0 Å². The molecule has 1 amide bonds. The maximum absolute atomic E-state index is 12.2. The molecule has 0 radical (unpaired) electrons. The smallest absolute Gasteiger partial charge is 0.220 e. The molecule has 0 unspecified atom stereocenters. The zero-order valence-electron chi connectivity index (χ0n) is 15.6. The summed E-state index contributed by atoms with van der Waals surface area (Å²) in [7, 11) is 0. The summed E-state index contributed by atoms with van der Waals surface area (Å²) in [6.07, 6.45) is 5.29. The van der Waals surface area contributed by atoms with E-state index >= 15 is 0 Å². The molecule has 2 heterocycles. The van der Waals surface area contributed by atoms with Crippen molar-refractivity contribution in [2.75, 3.05) is 13.1 Å². The molecule has 3 aromatic rings. The number of aromatic nitrogens is 2. The van der Waals surface area contributed by atoms with Crippen molar-refractivity contribution >= 4 is 16.9 Å². The van der Waals surface area contributed by atoms with Crippen LogP contribution in [-0.2, 0) is 17.9 Å². The number of imidazole rings is 1. The maximum Gasteiger partial charge on any atom is 0.220 e. The molecule has 1 aliphatic heterocycles. The highest BCUT2D eigenvalue weighted by Gasteiger charge is 2.21. The van der Waals surface area contributed by atoms with Crippen molar-refractivity contribution in [1.29, 1.82) is 0 Å². The second-order valence-corrected chi connectivity index (χ2v) is 7.29. The van der Waals surface area contributed by atoms with E-state index in [4.69, 9.17) is 0 Å². The molecule has 5 heteroatoms. The normalized spacial score (nSPS) is 15.9. The minimum absolute atomic E-state index is 0.165. The van der Waals surface area contributed by atoms with Crippen molar-refractivity contribution in [1.82, 2.24) is 19.8 Å². The number of aryl methyl sites for hydroxylation is 1. The Morgan fingerprint density at radius 1 is 1.04 bits per heavy atom. The number of fused-ring (bicyclic) bond motifs is 1. The van der Waals surface area contributed by atoms with Crippen molar-refractivity contribution in [3.8, 4) is 0 Å². The Morgan fingerprint density at radius 2 is 1.78 bits per heavy atom. The first-order chi connectivity index (χ1) is 13.3. The molecule has 1 N–H and O–H groups in total. The van der Waals surface area contributed by atoms with Crippen LogP contribution in [-0.4, -0.2) is 39.5 Å². The van der Waals surface area contributed by atoms with Crippen LogP contribution >= 0.6 is 0 Å². The van der Waals surface area contributed by atoms with Crippen LogP contribution in [0.2, 0.25) is 0 Å². The number of carbonyl (C=O) groups is 1. The molecular formula is C22H26N4O. The average Bonchev–Trinajstić information content (AvgIpc) is 3.12. The summed E-state index contributed by atoms with van der Waals surface area (Å²) in [5.41, 5.74) is 3.43. The van der Waals surface area contributed by atoms with E-state index in [2.05, 4.69) is 44.0 Å². The number of para-hydroxylation sites is 2. The minimum Gasteiger partial charge on any atom is -0.353 e. The standard InChI is InChI=1S/C22H26N4O/c27-22(11-10-18-6-2-1-3-7-18)24-19-12-14-25(15-13-19)17-26-16-23-20-8-4-5-9-21(20)26/h1-9,16,19H,10-15,17H2,(H,24,27). The van der Waals surface area contributed by atoms with Gasteiger partial charge in [0.2, 0.25) is 5.91 Å². The van der Waals surface area contributed by atoms with Crippen LogP contribution in [0, 0.1) is 0 Å². The summed E-state index contributed by atoms with van der Waals surface area (Å²) in [6, 6.07) is 18.7. The molecule has 2 aromatic carbocycles. The first-order valence-corrected chi connectivity index (χ1v) is 9.73. The summed E-state index contributed by atoms with van der Waals surface area (Å²) < 4.78 is 2.20. The van der Waals surface area contributed by atoms with Gasteiger partial charge in [0.25, 0.3) is 0 Å². The Hall–Kier alpha value is -2.66. The number of nitrogens with zero attached hydrogens (tertiary/aromatic N) is 3. The third-order valence-corrected chi connectivity index (χ3v) is 5.32. The number of hydrogen-bond donors (Lipinski definition) is 1. The van der Waals surface area contributed by atoms with Gasteiger partial charge >= 0.3 is 0 Å². The van der Waals surface area contributed by atoms with Crippen molar-refractivity contribution in [2.45, 2.75) is 38.4 Å². The van der Waals surface area contributed by atoms with E-state index in [1.165, 1.54) is 11.1 Å². The lowest BCUT2D eigenvalue weighted by Crippen LogP contribution is -2.45. The molecule has 4 rings (SSSR count). The van der Waals surface area contributed by atoms with E-state index in [9.17, 15) is 4.79 Å². The Morgan fingerprint density at radius 3 is 2.59 bits per heavy atom. The second kappa shape index (κ2) is 8.35. The third kappa shape index (κ3) is 4.55. The fourth-order valence-corrected chi connectivity index (χ4v) is 3.76. The highest BCUT2D eigenvalue weighted by molar-refractivity contribution is 5.76. The largest absolute Gasteiger partial charge is 0.353 e. The zero-order valence-corrected chi connectivity index (χ0v) is 15.6. The number of carbonyl (C=O) groups excluding carboxylic acids is 1. The maximum atomic E-state index is 12.2. The van der Waals surface area contributed by atoms with Gasteiger partial charge in [0.1, 0.15) is 0 Å². The van der Waals surface area contributed by atoms with Crippen molar-refractivity contribution < 1.29 is 4.79 Å². The molecule has 0 aliphatic carbocycles. The zero-order chi connectivity index (χ0) is 18.5. The number of hydrogen-bond acceptors (Lipinski definition) is 3. The van der Waals surface area contributed by atoms with Crippen LogP contribution in [0.3, 0.4) is 0 Å². The monoisotopic (exact) mass is 362 g/mol. The molecule has 0 atom stereocenters. The summed E-state index contributed by atoms with van der Waals surface area (Å²) in [5.74, 6) is 0.165. The topological polar surface area (TPSA) is 50.2 Å². The highest BCUT2D eigenvalue weighted by Crippen LogP contribution is 2.16. The van der Waals surface area contributed by atoms with Crippen molar-refractivity contribution in [3.63, 3.8) is 0 Å². The number of piperidine rings is 1. The summed E-state index contributed by atoms with van der Waals surface area (Å²) in [4.78, 5) is 19.1. The predicted molar refractivity (Wildman–Crippen MR) is 107 cm³/mol. The highest BCUT2D eigenvalue weighted by atomic mass is 16.1. The second-order valence-electron chi connectivity index (χ2n) is 7.29. The fourth-order valence-electron chi connectivity index (χ4n) is 3.76. The SMILES string of the molecule is O=C(CCc1ccccc1)NC1CCN(Cn2cnc3ccccc32)CC1. The Kier molecular flexibility index (Phi) is 5.49. The fraction of sp³-hybridized carbons (Fsp3) is 0.364. The van der Waals surface area contributed by atoms with Crippen molar-refractivity contribution in [2.24, 2.45) is 0 Å². The van der Waals surface area contributed by atoms with Gasteiger partial charge in [0, 0.05) is 25.6 Å². The molecule has 140 valence electrons. The molecule has 1 saturated heterocycles. The quantitative estimate of drug-likeness (QED) is 0.733. The lowest BCUT2D eigenvalue weighted by molar-refractivity contribution is -0.122. The summed E-state index contributed by atoms with van der Waals surface area (Å²) >= 11 is 0. The summed E-state index contributed by atoms with van der Waals surface area (Å²) in [5, 5.41) is 3.21. The third-order valence-electron chi connectivity index (χ3n) is 5.32. The Labute approximate surface area is 160 Å². The van der Waals surface area contributed by atoms with E-state index in [0.29, 0.717) is 12.5 Å². The average molecular weight is 362 g/mol. The van der Waals surface area contributed by atoms with Gasteiger partial charge in [-0.25, -0.2) is 4.98 Å². The number of nitrogens with one attached hydrogen (secondary N) is 1. The van der Waals surface area contributed by atoms with Gasteiger partial charge in [0.15, 0.2) is 0 Å². The summed E-state index contributed by atoms with van der Waals surface area (Å²) in [6.45, 7) is 2.85.